The molecule has 2 aromatic rings. The van der Waals surface area contributed by atoms with Gasteiger partial charge in [0.2, 0.25) is 23.6 Å². The van der Waals surface area contributed by atoms with Crippen LogP contribution in [0.25, 0.3) is 0 Å². The summed E-state index contributed by atoms with van der Waals surface area (Å²) >= 11 is 0. The number of piperidine rings is 1. The van der Waals surface area contributed by atoms with Crippen molar-refractivity contribution >= 4 is 30.7 Å². The van der Waals surface area contributed by atoms with Gasteiger partial charge in [-0.15, -0.1) is 0 Å². The van der Waals surface area contributed by atoms with Crippen molar-refractivity contribution in [3.05, 3.63) is 76.7 Å². The van der Waals surface area contributed by atoms with Gasteiger partial charge in [0, 0.05) is 25.3 Å². The minimum atomic E-state index is -1.41. The summed E-state index contributed by atoms with van der Waals surface area (Å²) in [4.78, 5) is 67.2. The largest absolute Gasteiger partial charge is 0.488 e. The molecule has 0 aromatic heterocycles. The van der Waals surface area contributed by atoms with Crippen LogP contribution in [-0.2, 0) is 32.0 Å². The van der Waals surface area contributed by atoms with Crippen LogP contribution in [0.5, 0.6) is 0 Å². The number of amides is 4. The molecule has 1 saturated heterocycles. The molecule has 14 heteroatoms. The fraction of sp³-hybridized carbons (Fsp3) is 0.543. The average Bonchev–Trinajstić information content (AvgIpc) is 3.10. The van der Waals surface area contributed by atoms with Crippen LogP contribution < -0.4 is 27.4 Å². The van der Waals surface area contributed by atoms with E-state index < -0.39 is 54.8 Å². The number of likely N-dealkylation sites (tertiary alicyclic amines) is 1. The highest BCUT2D eigenvalue weighted by molar-refractivity contribution is 6.50. The van der Waals surface area contributed by atoms with Crippen LogP contribution in [0.3, 0.4) is 0 Å². The normalized spacial score (nSPS) is 16.9. The third kappa shape index (κ3) is 13.0. The van der Waals surface area contributed by atoms with E-state index in [2.05, 4.69) is 21.0 Å². The molecule has 1 aliphatic heterocycles. The second kappa shape index (κ2) is 20.4. The summed E-state index contributed by atoms with van der Waals surface area (Å²) < 4.78 is 0. The van der Waals surface area contributed by atoms with Gasteiger partial charge < -0.3 is 37.3 Å². The van der Waals surface area contributed by atoms with Crippen molar-refractivity contribution < 1.29 is 24.2 Å². The first kappa shape index (κ1) is 39.3. The van der Waals surface area contributed by atoms with Gasteiger partial charge >= 0.3 is 7.05 Å². The van der Waals surface area contributed by atoms with Crippen molar-refractivity contribution in [3.8, 4) is 0 Å². The minimum Gasteiger partial charge on any atom is -0.429 e. The van der Waals surface area contributed by atoms with E-state index in [0.717, 1.165) is 11.1 Å². The lowest BCUT2D eigenvalue weighted by molar-refractivity contribution is -0.138. The molecule has 1 heterocycles. The summed E-state index contributed by atoms with van der Waals surface area (Å²) in [5.74, 6) is -2.38. The van der Waals surface area contributed by atoms with E-state index in [-0.39, 0.29) is 37.6 Å². The molecule has 3 rings (SSSR count). The standard InChI is InChI=1S/C35H52BN7O6/c1-24(2)20-30(33(45)39-29(17-9-10-18-37)35(47)43-19-11-16-27(23-43)36(48)42-49)41-34(46)31(22-26-14-7-4-8-15-26)40-32(44)28(38)21-25-12-5-3-6-13-25/h3-8,12-15,24,27-31,48H,9-11,16-23,37-38H2,1-2H3,(H,39,45)(H,40,44)(H,41,46)/t27?,28-,29-,30-,31-/m1/s1. The smallest absolute Gasteiger partial charge is 0.429 e. The van der Waals surface area contributed by atoms with Gasteiger partial charge in [-0.1, -0.05) is 79.6 Å². The maximum atomic E-state index is 13.9. The number of nitrogens with zero attached hydrogens (tertiary/aromatic N) is 2. The van der Waals surface area contributed by atoms with E-state index in [4.69, 9.17) is 11.5 Å². The molecule has 0 spiro atoms. The molecule has 8 N–H and O–H groups in total. The first-order chi connectivity index (χ1) is 23.5. The number of carbonyl (C=O) groups is 4. The number of benzene rings is 2. The zero-order valence-corrected chi connectivity index (χ0v) is 28.6. The molecule has 1 aliphatic rings. The highest BCUT2D eigenvalue weighted by Crippen LogP contribution is 2.25. The molecule has 5 atom stereocenters. The lowest BCUT2D eigenvalue weighted by Crippen LogP contribution is -2.59. The number of nitrogens with two attached hydrogens (primary N) is 2. The molecule has 0 bridgehead atoms. The van der Waals surface area contributed by atoms with E-state index >= 15 is 0 Å². The second-order valence-corrected chi connectivity index (χ2v) is 13.3. The predicted molar refractivity (Wildman–Crippen MR) is 190 cm³/mol. The molecule has 1 unspecified atom stereocenters. The molecule has 13 nitrogen and oxygen atoms in total. The summed E-state index contributed by atoms with van der Waals surface area (Å²) in [7, 11) is -1.41. The van der Waals surface area contributed by atoms with Crippen molar-refractivity contribution in [2.45, 2.75) is 95.2 Å². The van der Waals surface area contributed by atoms with Crippen LogP contribution in [-0.4, -0.2) is 84.4 Å². The molecule has 49 heavy (non-hydrogen) atoms. The minimum absolute atomic E-state index is 0.00378. The second-order valence-electron chi connectivity index (χ2n) is 13.3. The van der Waals surface area contributed by atoms with E-state index in [9.17, 15) is 29.1 Å². The Hall–Kier alpha value is -4.14. The van der Waals surface area contributed by atoms with Gasteiger partial charge in [0.05, 0.1) is 6.04 Å². The number of hydrogen-bond donors (Lipinski definition) is 6. The van der Waals surface area contributed by atoms with Crippen molar-refractivity contribution in [1.82, 2.24) is 20.9 Å². The van der Waals surface area contributed by atoms with Crippen LogP contribution in [0.2, 0.25) is 5.82 Å². The number of nitrogens with one attached hydrogen (secondary N) is 3. The van der Waals surface area contributed by atoms with Crippen LogP contribution in [0.15, 0.2) is 65.8 Å². The molecule has 0 saturated carbocycles. The highest BCUT2D eigenvalue weighted by Gasteiger charge is 2.37. The summed E-state index contributed by atoms with van der Waals surface area (Å²) in [6.07, 6.45) is 3.43. The van der Waals surface area contributed by atoms with E-state index in [1.165, 1.54) is 0 Å². The molecule has 4 amide bonds. The number of rotatable bonds is 19. The van der Waals surface area contributed by atoms with Gasteiger partial charge in [-0.3, -0.25) is 19.2 Å². The Morgan fingerprint density at radius 3 is 2.04 bits per heavy atom. The number of hydrogen-bond acceptors (Lipinski definition) is 9. The summed E-state index contributed by atoms with van der Waals surface area (Å²) in [5, 5.41) is 21.3. The summed E-state index contributed by atoms with van der Waals surface area (Å²) in [6, 6.07) is 14.7. The number of carbonyl (C=O) groups excluding carboxylic acids is 4. The van der Waals surface area contributed by atoms with Crippen LogP contribution in [0, 0.1) is 10.8 Å². The first-order valence-corrected chi connectivity index (χ1v) is 17.3. The Labute approximate surface area is 289 Å². The van der Waals surface area contributed by atoms with Crippen LogP contribution in [0.4, 0.5) is 0 Å². The summed E-state index contributed by atoms with van der Waals surface area (Å²) in [6.45, 7) is 4.83. The van der Waals surface area contributed by atoms with Gasteiger partial charge in [0.25, 0.3) is 0 Å². The fourth-order valence-corrected chi connectivity index (χ4v) is 6.06. The third-order valence-corrected chi connectivity index (χ3v) is 8.75. The van der Waals surface area contributed by atoms with Gasteiger partial charge in [-0.2, -0.15) is 4.91 Å². The lowest BCUT2D eigenvalue weighted by Gasteiger charge is -2.35. The molecule has 0 radical (unpaired) electrons. The van der Waals surface area contributed by atoms with Gasteiger partial charge in [0.15, 0.2) is 0 Å². The molecular weight excluding hydrogens is 625 g/mol. The summed E-state index contributed by atoms with van der Waals surface area (Å²) in [5.41, 5.74) is 13.6. The molecule has 0 aliphatic carbocycles. The van der Waals surface area contributed by atoms with Crippen molar-refractivity contribution in [3.63, 3.8) is 0 Å². The van der Waals surface area contributed by atoms with Crippen molar-refractivity contribution in [2.24, 2.45) is 22.5 Å². The quantitative estimate of drug-likeness (QED) is 0.0730. The monoisotopic (exact) mass is 677 g/mol. The number of unbranched alkanes of at least 4 members (excludes halogenated alkanes) is 1. The molecule has 2 aromatic carbocycles. The van der Waals surface area contributed by atoms with E-state index in [1.807, 2.05) is 74.5 Å². The van der Waals surface area contributed by atoms with Crippen molar-refractivity contribution in [2.75, 3.05) is 19.6 Å². The average molecular weight is 678 g/mol. The highest BCUT2D eigenvalue weighted by atomic mass is 16.3. The maximum Gasteiger partial charge on any atom is 0.488 e. The lowest BCUT2D eigenvalue weighted by atomic mass is 9.65. The predicted octanol–water partition coefficient (Wildman–Crippen LogP) is 1.67. The molecular formula is C35H52BN7O6. The van der Waals surface area contributed by atoms with Gasteiger partial charge in [0.1, 0.15) is 18.1 Å². The Bertz CT molecular complexity index is 1350. The topological polar surface area (TPSA) is 209 Å². The van der Waals surface area contributed by atoms with Crippen LogP contribution >= 0.6 is 0 Å². The van der Waals surface area contributed by atoms with E-state index in [1.54, 1.807) is 4.90 Å². The Morgan fingerprint density at radius 1 is 0.878 bits per heavy atom. The molecule has 1 fully saturated rings. The Balaban J connectivity index is 1.78. The SMILES string of the molecule is CC(C)C[C@@H](NC(=O)[C@@H](Cc1ccccc1)NC(=O)[C@H](N)Cc1ccccc1)C(=O)N[C@H](CCCCN)C(=O)N1CCCC(B(O)N=O)C1. The van der Waals surface area contributed by atoms with Crippen LogP contribution in [0.1, 0.15) is 63.5 Å². The maximum absolute atomic E-state index is 13.9. The number of nitroso groups, excluding NO2 is 1. The first-order valence-electron chi connectivity index (χ1n) is 17.3. The third-order valence-electron chi connectivity index (χ3n) is 8.75. The fourth-order valence-electron chi connectivity index (χ4n) is 6.06. The zero-order valence-electron chi connectivity index (χ0n) is 28.6. The van der Waals surface area contributed by atoms with Gasteiger partial charge in [-0.25, -0.2) is 0 Å². The zero-order chi connectivity index (χ0) is 35.8. The van der Waals surface area contributed by atoms with E-state index in [0.29, 0.717) is 45.2 Å². The van der Waals surface area contributed by atoms with Gasteiger partial charge in [-0.05, 0) is 68.5 Å². The molecule has 266 valence electrons. The van der Waals surface area contributed by atoms with Crippen molar-refractivity contribution in [1.29, 1.82) is 0 Å². The Kier molecular flexibility index (Phi) is 16.4. The Morgan fingerprint density at radius 2 is 1.45 bits per heavy atom.